The summed E-state index contributed by atoms with van der Waals surface area (Å²) in [7, 11) is 0. The van der Waals surface area contributed by atoms with Gasteiger partial charge in [-0.15, -0.1) is 11.3 Å². The van der Waals surface area contributed by atoms with Crippen LogP contribution in [-0.2, 0) is 12.2 Å². The van der Waals surface area contributed by atoms with E-state index in [-0.39, 0.29) is 11.4 Å². The average molecular weight is 282 g/mol. The minimum atomic E-state index is -1.20. The molecule has 0 radical (unpaired) electrons. The molecule has 0 atom stereocenters. The van der Waals surface area contributed by atoms with Gasteiger partial charge < -0.3 is 10.1 Å². The molecule has 2 aromatic rings. The number of aromatic nitrogens is 2. The predicted octanol–water partition coefficient (Wildman–Crippen LogP) is 1.86. The summed E-state index contributed by atoms with van der Waals surface area (Å²) in [6.45, 7) is 0. The number of fused-ring (bicyclic) bond motifs is 3. The van der Waals surface area contributed by atoms with Crippen LogP contribution in [0, 0.1) is 0 Å². The number of thioether (sulfide) groups is 1. The molecule has 0 fully saturated rings. The highest BCUT2D eigenvalue weighted by Crippen LogP contribution is 2.34. The van der Waals surface area contributed by atoms with Crippen molar-refractivity contribution in [1.29, 1.82) is 0 Å². The Balaban J connectivity index is 2.29. The second-order valence-corrected chi connectivity index (χ2v) is 6.25. The van der Waals surface area contributed by atoms with E-state index in [0.717, 1.165) is 34.8 Å². The number of nitrogens with zero attached hydrogens (tertiary/aromatic N) is 1. The lowest BCUT2D eigenvalue weighted by atomic mass is 10.1. The lowest BCUT2D eigenvalue weighted by Crippen LogP contribution is -2.15. The topological polar surface area (TPSA) is 83.0 Å². The Morgan fingerprint density at radius 3 is 3.06 bits per heavy atom. The summed E-state index contributed by atoms with van der Waals surface area (Å²) < 4.78 is 0. The van der Waals surface area contributed by atoms with E-state index < -0.39 is 5.97 Å². The molecule has 3 rings (SSSR count). The molecule has 18 heavy (non-hydrogen) atoms. The van der Waals surface area contributed by atoms with Gasteiger partial charge in [0.05, 0.1) is 5.39 Å². The second-order valence-electron chi connectivity index (χ2n) is 4.06. The lowest BCUT2D eigenvalue weighted by Gasteiger charge is -1.97. The molecule has 94 valence electrons. The van der Waals surface area contributed by atoms with Crippen LogP contribution >= 0.6 is 23.1 Å². The Labute approximate surface area is 110 Å². The number of carboxylic acid groups (broad SMARTS) is 1. The third-order valence-electron chi connectivity index (χ3n) is 2.90. The van der Waals surface area contributed by atoms with E-state index in [2.05, 4.69) is 9.97 Å². The number of aryl methyl sites for hydroxylation is 1. The Kier molecular flexibility index (Phi) is 2.87. The molecule has 0 bridgehead atoms. The number of hydrogen-bond acceptors (Lipinski definition) is 5. The fraction of sp³-hybridized carbons (Fsp3) is 0.364. The van der Waals surface area contributed by atoms with E-state index in [1.54, 1.807) is 0 Å². The van der Waals surface area contributed by atoms with Gasteiger partial charge in [0.15, 0.2) is 0 Å². The molecule has 0 aliphatic carbocycles. The van der Waals surface area contributed by atoms with Gasteiger partial charge in [-0.1, -0.05) is 0 Å². The predicted molar refractivity (Wildman–Crippen MR) is 71.7 cm³/mol. The van der Waals surface area contributed by atoms with Crippen LogP contribution in [0.2, 0.25) is 0 Å². The van der Waals surface area contributed by atoms with Crippen molar-refractivity contribution in [3.05, 3.63) is 26.6 Å². The molecule has 0 amide bonds. The SMILES string of the molecule is O=C(O)c1nc2sc3c(c2c(=O)[nH]1)CCCSC3. The van der Waals surface area contributed by atoms with Crippen molar-refractivity contribution >= 4 is 39.3 Å². The van der Waals surface area contributed by atoms with Crippen LogP contribution in [-0.4, -0.2) is 26.8 Å². The normalized spacial score (nSPS) is 15.3. The maximum atomic E-state index is 12.0. The van der Waals surface area contributed by atoms with Gasteiger partial charge in [0, 0.05) is 10.6 Å². The minimum absolute atomic E-state index is 0.281. The fourth-order valence-electron chi connectivity index (χ4n) is 2.11. The minimum Gasteiger partial charge on any atom is -0.475 e. The molecule has 3 heterocycles. The van der Waals surface area contributed by atoms with Gasteiger partial charge in [-0.3, -0.25) is 4.79 Å². The molecule has 1 aliphatic rings. The number of hydrogen-bond donors (Lipinski definition) is 2. The lowest BCUT2D eigenvalue weighted by molar-refractivity contribution is 0.0683. The van der Waals surface area contributed by atoms with E-state index in [1.165, 1.54) is 11.3 Å². The van der Waals surface area contributed by atoms with Crippen molar-refractivity contribution in [2.24, 2.45) is 0 Å². The standard InChI is InChI=1S/C11H10N2O3S2/c14-9-7-5-2-1-3-17-4-6(5)18-10(7)13-8(12-9)11(15)16/h1-4H2,(H,15,16)(H,12,13,14). The van der Waals surface area contributed by atoms with Crippen molar-refractivity contribution in [3.8, 4) is 0 Å². The van der Waals surface area contributed by atoms with E-state index in [9.17, 15) is 9.59 Å². The second kappa shape index (κ2) is 4.40. The molecule has 0 aromatic carbocycles. The first-order chi connectivity index (χ1) is 8.66. The summed E-state index contributed by atoms with van der Waals surface area (Å²) in [6.07, 6.45) is 1.92. The number of thiophene rings is 1. The van der Waals surface area contributed by atoms with E-state index in [0.29, 0.717) is 10.2 Å². The number of carboxylic acids is 1. The fourth-order valence-corrected chi connectivity index (χ4v) is 4.46. The van der Waals surface area contributed by atoms with Gasteiger partial charge in [-0.05, 0) is 24.2 Å². The van der Waals surface area contributed by atoms with Crippen molar-refractivity contribution in [2.45, 2.75) is 18.6 Å². The molecule has 5 nitrogen and oxygen atoms in total. The summed E-state index contributed by atoms with van der Waals surface area (Å²) in [4.78, 5) is 30.9. The molecule has 0 saturated heterocycles. The summed E-state index contributed by atoms with van der Waals surface area (Å²) in [5, 5.41) is 9.47. The third kappa shape index (κ3) is 1.83. The molecule has 0 unspecified atom stereocenters. The third-order valence-corrected chi connectivity index (χ3v) is 5.27. The van der Waals surface area contributed by atoms with Crippen molar-refractivity contribution in [3.63, 3.8) is 0 Å². The first-order valence-electron chi connectivity index (χ1n) is 5.52. The summed E-state index contributed by atoms with van der Waals surface area (Å²) in [6, 6.07) is 0. The number of carbonyl (C=O) groups is 1. The summed E-state index contributed by atoms with van der Waals surface area (Å²) >= 11 is 3.29. The highest BCUT2D eigenvalue weighted by molar-refractivity contribution is 7.98. The summed E-state index contributed by atoms with van der Waals surface area (Å²) in [5.41, 5.74) is 0.729. The van der Waals surface area contributed by atoms with E-state index in [1.807, 2.05) is 11.8 Å². The number of aromatic amines is 1. The largest absolute Gasteiger partial charge is 0.475 e. The highest BCUT2D eigenvalue weighted by atomic mass is 32.2. The zero-order valence-electron chi connectivity index (χ0n) is 9.36. The molecular formula is C11H10N2O3S2. The molecule has 1 aliphatic heterocycles. The zero-order valence-corrected chi connectivity index (χ0v) is 11.0. The average Bonchev–Trinajstić information content (AvgIpc) is 2.52. The number of nitrogens with one attached hydrogen (secondary N) is 1. The molecule has 0 spiro atoms. The highest BCUT2D eigenvalue weighted by Gasteiger charge is 2.20. The van der Waals surface area contributed by atoms with Crippen molar-refractivity contribution < 1.29 is 9.90 Å². The van der Waals surface area contributed by atoms with Crippen LogP contribution in [0.1, 0.15) is 27.5 Å². The zero-order chi connectivity index (χ0) is 12.7. The van der Waals surface area contributed by atoms with E-state index >= 15 is 0 Å². The molecular weight excluding hydrogens is 272 g/mol. The van der Waals surface area contributed by atoms with Crippen LogP contribution in [0.4, 0.5) is 0 Å². The maximum absolute atomic E-state index is 12.0. The van der Waals surface area contributed by atoms with Crippen molar-refractivity contribution in [2.75, 3.05) is 5.75 Å². The Morgan fingerprint density at radius 2 is 2.28 bits per heavy atom. The monoisotopic (exact) mass is 282 g/mol. The van der Waals surface area contributed by atoms with Crippen LogP contribution in [0.3, 0.4) is 0 Å². The van der Waals surface area contributed by atoms with Gasteiger partial charge >= 0.3 is 5.97 Å². The number of aromatic carboxylic acids is 1. The molecule has 2 aromatic heterocycles. The van der Waals surface area contributed by atoms with Crippen molar-refractivity contribution in [1.82, 2.24) is 9.97 Å². The van der Waals surface area contributed by atoms with Crippen LogP contribution in [0.25, 0.3) is 10.2 Å². The van der Waals surface area contributed by atoms with Crippen LogP contribution in [0.5, 0.6) is 0 Å². The molecule has 2 N–H and O–H groups in total. The van der Waals surface area contributed by atoms with Gasteiger partial charge in [0.2, 0.25) is 5.82 Å². The Hall–Kier alpha value is -1.34. The first kappa shape index (κ1) is 11.7. The van der Waals surface area contributed by atoms with Crippen LogP contribution < -0.4 is 5.56 Å². The van der Waals surface area contributed by atoms with Gasteiger partial charge in [-0.2, -0.15) is 11.8 Å². The molecule has 7 heteroatoms. The van der Waals surface area contributed by atoms with Crippen LogP contribution in [0.15, 0.2) is 4.79 Å². The van der Waals surface area contributed by atoms with Gasteiger partial charge in [-0.25, -0.2) is 9.78 Å². The quantitative estimate of drug-likeness (QED) is 0.834. The smallest absolute Gasteiger partial charge is 0.372 e. The Bertz CT molecular complexity index is 689. The van der Waals surface area contributed by atoms with E-state index in [4.69, 9.17) is 5.11 Å². The molecule has 0 saturated carbocycles. The number of H-pyrrole nitrogens is 1. The number of rotatable bonds is 1. The maximum Gasteiger partial charge on any atom is 0.372 e. The van der Waals surface area contributed by atoms with Gasteiger partial charge in [0.25, 0.3) is 5.56 Å². The van der Waals surface area contributed by atoms with Gasteiger partial charge in [0.1, 0.15) is 4.83 Å². The Morgan fingerprint density at radius 1 is 1.44 bits per heavy atom. The first-order valence-corrected chi connectivity index (χ1v) is 7.49. The summed E-state index contributed by atoms with van der Waals surface area (Å²) in [5.74, 6) is 0.503.